The lowest BCUT2D eigenvalue weighted by molar-refractivity contribution is -0.184. The maximum Gasteiger partial charge on any atom is 0.332 e. The molecule has 0 heterocycles. The number of hydrogen-bond acceptors (Lipinski definition) is 7. The van der Waals surface area contributed by atoms with Crippen molar-refractivity contribution in [2.45, 2.75) is 124 Å². The number of rotatable bonds is 21. The number of carbonyl (C=O) groups is 4. The molecule has 1 amide bonds. The Labute approximate surface area is 230 Å². The monoisotopic (exact) mass is 536 g/mol. The molecule has 0 aromatic heterocycles. The molecule has 0 saturated carbocycles. The lowest BCUT2D eigenvalue weighted by atomic mass is 9.98. The van der Waals surface area contributed by atoms with Crippen LogP contribution in [0.2, 0.25) is 0 Å². The van der Waals surface area contributed by atoms with Gasteiger partial charge in [0.1, 0.15) is 17.9 Å². The van der Waals surface area contributed by atoms with Gasteiger partial charge in [-0.25, -0.2) is 4.79 Å². The van der Waals surface area contributed by atoms with Gasteiger partial charge in [-0.2, -0.15) is 0 Å². The zero-order valence-corrected chi connectivity index (χ0v) is 24.7. The Morgan fingerprint density at radius 2 is 1.26 bits per heavy atom. The maximum absolute atomic E-state index is 13.1. The lowest BCUT2D eigenvalue weighted by Crippen LogP contribution is -2.48. The zero-order valence-electron chi connectivity index (χ0n) is 24.7. The van der Waals surface area contributed by atoms with Crippen LogP contribution in [0.15, 0.2) is 24.3 Å². The summed E-state index contributed by atoms with van der Waals surface area (Å²) in [5.74, 6) is -1.23. The Morgan fingerprint density at radius 1 is 0.763 bits per heavy atom. The third-order valence-corrected chi connectivity index (χ3v) is 6.78. The summed E-state index contributed by atoms with van der Waals surface area (Å²) in [6.07, 6.45) is 13.5. The summed E-state index contributed by atoms with van der Waals surface area (Å²) in [4.78, 5) is 49.5. The minimum Gasteiger partial charge on any atom is -0.420 e. The van der Waals surface area contributed by atoms with E-state index in [4.69, 9.17) is 9.47 Å². The first-order chi connectivity index (χ1) is 18.1. The van der Waals surface area contributed by atoms with Crippen LogP contribution in [-0.4, -0.2) is 49.1 Å². The molecule has 0 bridgehead atoms. The van der Waals surface area contributed by atoms with Crippen molar-refractivity contribution in [1.29, 1.82) is 0 Å². The normalized spacial score (nSPS) is 15.6. The summed E-state index contributed by atoms with van der Waals surface area (Å²) in [6.45, 7) is 11.2. The number of ether oxygens (including phenoxy) is 2. The van der Waals surface area contributed by atoms with E-state index >= 15 is 0 Å². The third kappa shape index (κ3) is 15.7. The second-order valence-corrected chi connectivity index (χ2v) is 10.1. The average Bonchev–Trinajstić information content (AvgIpc) is 2.88. The molecular formula is C30H52N2O6. The van der Waals surface area contributed by atoms with Crippen molar-refractivity contribution in [3.63, 3.8) is 0 Å². The van der Waals surface area contributed by atoms with E-state index in [9.17, 15) is 19.2 Å². The number of esters is 2. The minimum atomic E-state index is -1.21. The molecule has 8 nitrogen and oxygen atoms in total. The number of unbranched alkanes of at least 4 members (excludes halogenated alkanes) is 5. The fraction of sp³-hybridized carbons (Fsp3) is 0.733. The van der Waals surface area contributed by atoms with E-state index in [0.717, 1.165) is 44.9 Å². The summed E-state index contributed by atoms with van der Waals surface area (Å²) >= 11 is 0. The van der Waals surface area contributed by atoms with Gasteiger partial charge in [-0.3, -0.25) is 9.59 Å². The molecule has 0 aromatic carbocycles. The van der Waals surface area contributed by atoms with E-state index in [-0.39, 0.29) is 23.5 Å². The molecule has 0 aliphatic heterocycles. The Morgan fingerprint density at radius 3 is 1.76 bits per heavy atom. The second kappa shape index (κ2) is 21.5. The number of ketones is 1. The lowest BCUT2D eigenvalue weighted by Gasteiger charge is -2.26. The topological polar surface area (TPSA) is 111 Å². The molecule has 0 spiro atoms. The van der Waals surface area contributed by atoms with Gasteiger partial charge < -0.3 is 24.9 Å². The van der Waals surface area contributed by atoms with Gasteiger partial charge in [0.15, 0.2) is 0 Å². The summed E-state index contributed by atoms with van der Waals surface area (Å²) in [6, 6.07) is -1.37. The van der Waals surface area contributed by atoms with Crippen LogP contribution in [0.25, 0.3) is 0 Å². The number of Topliss-reactive ketones (excluding diaryl/α,β-unsaturated/α-hetero) is 1. The molecule has 2 N–H and O–H groups in total. The van der Waals surface area contributed by atoms with Crippen LogP contribution < -0.4 is 10.6 Å². The first kappa shape index (κ1) is 35.5. The highest BCUT2D eigenvalue weighted by molar-refractivity contribution is 5.85. The van der Waals surface area contributed by atoms with E-state index in [1.54, 1.807) is 32.2 Å². The largest absolute Gasteiger partial charge is 0.420 e. The Balaban J connectivity index is 5.07. The van der Waals surface area contributed by atoms with Crippen molar-refractivity contribution < 1.29 is 28.7 Å². The van der Waals surface area contributed by atoms with Crippen molar-refractivity contribution in [3.05, 3.63) is 24.3 Å². The van der Waals surface area contributed by atoms with E-state index in [1.807, 2.05) is 34.6 Å². The Kier molecular flexibility index (Phi) is 20.1. The zero-order chi connectivity index (χ0) is 28.9. The molecule has 38 heavy (non-hydrogen) atoms. The standard InChI is InChI=1S/C30H52N2O6/c1-8-11-16-21-26(37-29(35)27(31-7)22(4)9-2)38-30(36)28(23(5)10-3)32-25(34)20-18-15-13-12-14-17-19-24(6)33/h8,11,16,21-23,26-28,31H,9-10,12-15,17-20H2,1-7H3,(H,32,34)/b11-8+,21-16-. The molecule has 0 fully saturated rings. The van der Waals surface area contributed by atoms with Crippen molar-refractivity contribution in [3.8, 4) is 0 Å². The summed E-state index contributed by atoms with van der Waals surface area (Å²) in [7, 11) is 1.69. The molecule has 5 unspecified atom stereocenters. The van der Waals surface area contributed by atoms with Crippen LogP contribution in [0.1, 0.15) is 106 Å². The van der Waals surface area contributed by atoms with E-state index < -0.39 is 30.3 Å². The van der Waals surface area contributed by atoms with Crippen LogP contribution in [0, 0.1) is 11.8 Å². The van der Waals surface area contributed by atoms with Crippen molar-refractivity contribution in [2.24, 2.45) is 11.8 Å². The molecule has 0 aliphatic rings. The highest BCUT2D eigenvalue weighted by atomic mass is 16.7. The van der Waals surface area contributed by atoms with Gasteiger partial charge >= 0.3 is 11.9 Å². The molecule has 0 saturated heterocycles. The number of hydrogen-bond donors (Lipinski definition) is 2. The predicted molar refractivity (Wildman–Crippen MR) is 151 cm³/mol. The quantitative estimate of drug-likeness (QED) is 0.0874. The molecule has 0 aliphatic carbocycles. The van der Waals surface area contributed by atoms with E-state index in [0.29, 0.717) is 19.3 Å². The third-order valence-electron chi connectivity index (χ3n) is 6.78. The summed E-state index contributed by atoms with van der Waals surface area (Å²) in [5.41, 5.74) is 0. The fourth-order valence-electron chi connectivity index (χ4n) is 3.90. The summed E-state index contributed by atoms with van der Waals surface area (Å²) in [5, 5.41) is 5.81. The van der Waals surface area contributed by atoms with Crippen LogP contribution in [0.4, 0.5) is 0 Å². The molecule has 5 atom stereocenters. The first-order valence-electron chi connectivity index (χ1n) is 14.3. The van der Waals surface area contributed by atoms with Gasteiger partial charge in [0.05, 0.1) is 0 Å². The van der Waals surface area contributed by atoms with E-state index in [1.165, 1.54) is 6.08 Å². The second-order valence-electron chi connectivity index (χ2n) is 10.1. The highest BCUT2D eigenvalue weighted by Gasteiger charge is 2.31. The maximum atomic E-state index is 13.1. The Bertz CT molecular complexity index is 764. The van der Waals surface area contributed by atoms with Gasteiger partial charge in [-0.05, 0) is 51.6 Å². The van der Waals surface area contributed by atoms with Gasteiger partial charge in [0.25, 0.3) is 6.29 Å². The first-order valence-corrected chi connectivity index (χ1v) is 14.3. The van der Waals surface area contributed by atoms with Gasteiger partial charge in [-0.1, -0.05) is 84.4 Å². The SMILES string of the molecule is C/C=C/C=C\C(OC(=O)C(NC)C(C)CC)OC(=O)C(NC(=O)CCCCCCCCC(C)=O)C(C)CC. The number of allylic oxidation sites excluding steroid dienone is 3. The van der Waals surface area contributed by atoms with Crippen molar-refractivity contribution in [1.82, 2.24) is 10.6 Å². The molecular weight excluding hydrogens is 484 g/mol. The molecule has 0 radical (unpaired) electrons. The predicted octanol–water partition coefficient (Wildman–Crippen LogP) is 5.41. The van der Waals surface area contributed by atoms with E-state index in [2.05, 4.69) is 10.6 Å². The van der Waals surface area contributed by atoms with Crippen molar-refractivity contribution in [2.75, 3.05) is 7.05 Å². The van der Waals surface area contributed by atoms with Crippen LogP contribution in [-0.2, 0) is 28.7 Å². The number of nitrogens with one attached hydrogen (secondary N) is 2. The van der Waals surface area contributed by atoms with Crippen LogP contribution in [0.3, 0.4) is 0 Å². The number of carbonyl (C=O) groups excluding carboxylic acids is 4. The Hall–Kier alpha value is -2.48. The fourth-order valence-corrected chi connectivity index (χ4v) is 3.90. The van der Waals surface area contributed by atoms with Gasteiger partial charge in [-0.15, -0.1) is 0 Å². The van der Waals surface area contributed by atoms with Crippen LogP contribution in [0.5, 0.6) is 0 Å². The molecule has 8 heteroatoms. The number of likely N-dealkylation sites (N-methyl/N-ethyl adjacent to an activating group) is 1. The molecule has 0 rings (SSSR count). The molecule has 218 valence electrons. The average molecular weight is 537 g/mol. The van der Waals surface area contributed by atoms with Crippen LogP contribution >= 0.6 is 0 Å². The minimum absolute atomic E-state index is 0.0380. The van der Waals surface area contributed by atoms with Crippen molar-refractivity contribution >= 4 is 23.6 Å². The number of amides is 1. The summed E-state index contributed by atoms with van der Waals surface area (Å²) < 4.78 is 11.1. The molecule has 0 aromatic rings. The highest BCUT2D eigenvalue weighted by Crippen LogP contribution is 2.15. The van der Waals surface area contributed by atoms with Gasteiger partial charge in [0, 0.05) is 12.8 Å². The van der Waals surface area contributed by atoms with Gasteiger partial charge in [0.2, 0.25) is 5.91 Å². The smallest absolute Gasteiger partial charge is 0.332 e.